The topological polar surface area (TPSA) is 30.0 Å². The number of nitrogens with zero attached hydrogens (tertiary/aromatic N) is 1. The van der Waals surface area contributed by atoms with Gasteiger partial charge in [-0.3, -0.25) is 4.79 Å². The molecule has 15 heavy (non-hydrogen) atoms. The second kappa shape index (κ2) is 4.79. The first-order valence-electron chi connectivity index (χ1n) is 4.12. The first-order valence-corrected chi connectivity index (χ1v) is 6.19. The zero-order chi connectivity index (χ0) is 10.7. The van der Waals surface area contributed by atoms with Gasteiger partial charge in [0.15, 0.2) is 10.6 Å². The maximum Gasteiger partial charge on any atom is 0.169 e. The van der Waals surface area contributed by atoms with Crippen LogP contribution in [0.1, 0.15) is 10.5 Å². The number of hydrogen-bond acceptors (Lipinski definition) is 4. The summed E-state index contributed by atoms with van der Waals surface area (Å²) in [5.74, 6) is 0. The van der Waals surface area contributed by atoms with Crippen molar-refractivity contribution < 1.29 is 4.79 Å². The maximum absolute atomic E-state index is 10.4. The smallest absolute Gasteiger partial charge is 0.169 e. The lowest BCUT2D eigenvalue weighted by atomic mass is 10.4. The minimum Gasteiger partial charge on any atom is -0.296 e. The fraction of sp³-hybridized carbons (Fsp3) is 0. The van der Waals surface area contributed by atoms with E-state index in [0.29, 0.717) is 10.7 Å². The minimum absolute atomic E-state index is 0.483. The standard InChI is InChI=1S/C10H6ClNOS2/c11-7-1-3-9(4-2-7)15-10-12-8(5-13)6-14-10/h1-6H. The molecular formula is C10H6ClNOS2. The number of aromatic nitrogens is 1. The van der Waals surface area contributed by atoms with Gasteiger partial charge in [0.05, 0.1) is 0 Å². The molecule has 1 heterocycles. The second-order valence-corrected chi connectivity index (χ2v) is 5.33. The van der Waals surface area contributed by atoms with Gasteiger partial charge in [-0.1, -0.05) is 23.4 Å². The third-order valence-electron chi connectivity index (χ3n) is 1.64. The Labute approximate surface area is 100 Å². The van der Waals surface area contributed by atoms with Gasteiger partial charge in [-0.05, 0) is 24.3 Å². The van der Waals surface area contributed by atoms with E-state index in [-0.39, 0.29) is 0 Å². The van der Waals surface area contributed by atoms with Crippen LogP contribution in [-0.4, -0.2) is 11.3 Å². The predicted molar refractivity (Wildman–Crippen MR) is 63.1 cm³/mol. The molecule has 0 aliphatic heterocycles. The maximum atomic E-state index is 10.4. The first-order chi connectivity index (χ1) is 7.28. The average Bonchev–Trinajstić information content (AvgIpc) is 2.69. The molecular weight excluding hydrogens is 250 g/mol. The van der Waals surface area contributed by atoms with Gasteiger partial charge in [-0.15, -0.1) is 11.3 Å². The zero-order valence-electron chi connectivity index (χ0n) is 7.51. The Morgan fingerprint density at radius 2 is 2.07 bits per heavy atom. The number of carbonyl (C=O) groups excluding carboxylic acids is 1. The van der Waals surface area contributed by atoms with Crippen LogP contribution in [0.5, 0.6) is 0 Å². The van der Waals surface area contributed by atoms with E-state index in [9.17, 15) is 4.79 Å². The molecule has 2 nitrogen and oxygen atoms in total. The lowest BCUT2D eigenvalue weighted by Gasteiger charge is -1.96. The Morgan fingerprint density at radius 3 is 2.67 bits per heavy atom. The summed E-state index contributed by atoms with van der Waals surface area (Å²) in [5, 5.41) is 2.46. The van der Waals surface area contributed by atoms with Crippen molar-refractivity contribution in [2.75, 3.05) is 0 Å². The van der Waals surface area contributed by atoms with E-state index in [4.69, 9.17) is 11.6 Å². The van der Waals surface area contributed by atoms with Crippen LogP contribution in [0.3, 0.4) is 0 Å². The molecule has 0 saturated heterocycles. The van der Waals surface area contributed by atoms with Crippen molar-refractivity contribution in [2.45, 2.75) is 9.24 Å². The van der Waals surface area contributed by atoms with E-state index in [1.807, 2.05) is 24.3 Å². The molecule has 0 bridgehead atoms. The molecule has 0 atom stereocenters. The van der Waals surface area contributed by atoms with Gasteiger partial charge >= 0.3 is 0 Å². The SMILES string of the molecule is O=Cc1csc(Sc2ccc(Cl)cc2)n1. The van der Waals surface area contributed by atoms with Gasteiger partial charge < -0.3 is 0 Å². The lowest BCUT2D eigenvalue weighted by molar-refractivity contribution is 0.111. The van der Waals surface area contributed by atoms with Crippen molar-refractivity contribution in [2.24, 2.45) is 0 Å². The summed E-state index contributed by atoms with van der Waals surface area (Å²) in [7, 11) is 0. The van der Waals surface area contributed by atoms with Crippen LogP contribution < -0.4 is 0 Å². The molecule has 0 unspecified atom stereocenters. The molecule has 0 saturated carbocycles. The molecule has 0 aliphatic rings. The van der Waals surface area contributed by atoms with Crippen LogP contribution in [0.15, 0.2) is 38.9 Å². The summed E-state index contributed by atoms with van der Waals surface area (Å²) < 4.78 is 0.861. The van der Waals surface area contributed by atoms with Gasteiger partial charge in [-0.25, -0.2) is 4.98 Å². The molecule has 5 heteroatoms. The third kappa shape index (κ3) is 2.81. The van der Waals surface area contributed by atoms with Crippen LogP contribution in [0.4, 0.5) is 0 Å². The van der Waals surface area contributed by atoms with E-state index in [2.05, 4.69) is 4.98 Å². The van der Waals surface area contributed by atoms with Crippen molar-refractivity contribution in [1.29, 1.82) is 0 Å². The summed E-state index contributed by atoms with van der Waals surface area (Å²) in [4.78, 5) is 15.6. The lowest BCUT2D eigenvalue weighted by Crippen LogP contribution is -1.77. The Morgan fingerprint density at radius 1 is 1.33 bits per heavy atom. The fourth-order valence-corrected chi connectivity index (χ4v) is 2.84. The van der Waals surface area contributed by atoms with Gasteiger partial charge in [0.1, 0.15) is 5.69 Å². The minimum atomic E-state index is 0.483. The van der Waals surface area contributed by atoms with E-state index < -0.39 is 0 Å². The van der Waals surface area contributed by atoms with E-state index in [1.54, 1.807) is 5.38 Å². The number of hydrogen-bond donors (Lipinski definition) is 0. The average molecular weight is 256 g/mol. The summed E-state index contributed by atoms with van der Waals surface area (Å²) in [6.07, 6.45) is 0.752. The van der Waals surface area contributed by atoms with Gasteiger partial charge in [0, 0.05) is 15.3 Å². The van der Waals surface area contributed by atoms with E-state index in [1.165, 1.54) is 23.1 Å². The third-order valence-corrected chi connectivity index (χ3v) is 3.86. The Kier molecular flexibility index (Phi) is 3.41. The van der Waals surface area contributed by atoms with Crippen molar-refractivity contribution in [3.8, 4) is 0 Å². The number of carbonyl (C=O) groups is 1. The Bertz CT molecular complexity index is 467. The summed E-state index contributed by atoms with van der Waals surface area (Å²) in [6, 6.07) is 7.51. The molecule has 0 fully saturated rings. The van der Waals surface area contributed by atoms with Crippen molar-refractivity contribution in [3.63, 3.8) is 0 Å². The first kappa shape index (κ1) is 10.7. The van der Waals surface area contributed by atoms with Crippen molar-refractivity contribution in [1.82, 2.24) is 4.98 Å². The number of halogens is 1. The summed E-state index contributed by atoms with van der Waals surface area (Å²) >= 11 is 8.76. The Balaban J connectivity index is 2.14. The highest BCUT2D eigenvalue weighted by Gasteiger charge is 2.02. The highest BCUT2D eigenvalue weighted by atomic mass is 35.5. The molecule has 0 N–H and O–H groups in total. The molecule has 2 aromatic rings. The fourth-order valence-electron chi connectivity index (χ4n) is 0.973. The molecule has 0 radical (unpaired) electrons. The second-order valence-electron chi connectivity index (χ2n) is 2.71. The Hall–Kier alpha value is -0.840. The van der Waals surface area contributed by atoms with E-state index in [0.717, 1.165) is 15.5 Å². The largest absolute Gasteiger partial charge is 0.296 e. The molecule has 0 amide bonds. The van der Waals surface area contributed by atoms with Crippen LogP contribution in [0.25, 0.3) is 0 Å². The van der Waals surface area contributed by atoms with Crippen LogP contribution in [-0.2, 0) is 0 Å². The van der Waals surface area contributed by atoms with Crippen molar-refractivity contribution in [3.05, 3.63) is 40.4 Å². The van der Waals surface area contributed by atoms with Crippen LogP contribution >= 0.6 is 34.7 Å². The predicted octanol–water partition coefficient (Wildman–Crippen LogP) is 3.76. The van der Waals surface area contributed by atoms with Crippen molar-refractivity contribution >= 4 is 41.0 Å². The quantitative estimate of drug-likeness (QED) is 0.783. The van der Waals surface area contributed by atoms with Gasteiger partial charge in [0.25, 0.3) is 0 Å². The normalized spacial score (nSPS) is 10.2. The molecule has 0 spiro atoms. The number of rotatable bonds is 3. The number of thiazole rings is 1. The molecule has 76 valence electrons. The number of aldehydes is 1. The molecule has 2 rings (SSSR count). The van der Waals surface area contributed by atoms with E-state index >= 15 is 0 Å². The highest BCUT2D eigenvalue weighted by Crippen LogP contribution is 2.30. The number of benzene rings is 1. The highest BCUT2D eigenvalue weighted by molar-refractivity contribution is 8.01. The monoisotopic (exact) mass is 255 g/mol. The molecule has 1 aromatic carbocycles. The van der Waals surface area contributed by atoms with Crippen LogP contribution in [0.2, 0.25) is 5.02 Å². The van der Waals surface area contributed by atoms with Gasteiger partial charge in [0.2, 0.25) is 0 Å². The summed E-state index contributed by atoms with van der Waals surface area (Å²) in [5.41, 5.74) is 0.483. The van der Waals surface area contributed by atoms with Crippen LogP contribution in [0, 0.1) is 0 Å². The zero-order valence-corrected chi connectivity index (χ0v) is 9.90. The van der Waals surface area contributed by atoms with Gasteiger partial charge in [-0.2, -0.15) is 0 Å². The molecule has 1 aromatic heterocycles. The summed E-state index contributed by atoms with van der Waals surface area (Å²) in [6.45, 7) is 0. The molecule has 0 aliphatic carbocycles.